The van der Waals surface area contributed by atoms with Crippen LogP contribution in [-0.4, -0.2) is 53.8 Å². The number of nitro benzene ring substituents is 1. The number of nitrogens with zero attached hydrogens (tertiary/aromatic N) is 3. The SMILES string of the molecule is Cc1cc([N+](=O)[O-])cc2c1OC[C@H]1CN(C(=O)OC(C)(C)C)CCN21. The highest BCUT2D eigenvalue weighted by atomic mass is 16.6. The molecule has 0 radical (unpaired) electrons. The van der Waals surface area contributed by atoms with Crippen molar-refractivity contribution in [2.24, 2.45) is 0 Å². The first kappa shape index (κ1) is 17.3. The molecule has 2 aliphatic rings. The lowest BCUT2D eigenvalue weighted by atomic mass is 10.1. The van der Waals surface area contributed by atoms with Crippen LogP contribution in [-0.2, 0) is 4.74 Å². The number of benzene rings is 1. The summed E-state index contributed by atoms with van der Waals surface area (Å²) in [5.41, 5.74) is 0.987. The maximum atomic E-state index is 12.3. The van der Waals surface area contributed by atoms with Gasteiger partial charge in [-0.2, -0.15) is 0 Å². The fraction of sp³-hybridized carbons (Fsp3) is 0.588. The molecule has 25 heavy (non-hydrogen) atoms. The number of piperazine rings is 1. The first-order chi connectivity index (χ1) is 11.7. The minimum absolute atomic E-state index is 0.0461. The summed E-state index contributed by atoms with van der Waals surface area (Å²) in [5, 5.41) is 11.1. The molecule has 0 aromatic heterocycles. The molecule has 8 heteroatoms. The Morgan fingerprint density at radius 2 is 2.08 bits per heavy atom. The summed E-state index contributed by atoms with van der Waals surface area (Å²) < 4.78 is 11.3. The van der Waals surface area contributed by atoms with E-state index in [1.165, 1.54) is 6.07 Å². The molecule has 1 fully saturated rings. The van der Waals surface area contributed by atoms with Gasteiger partial charge in [0.05, 0.1) is 16.7 Å². The minimum Gasteiger partial charge on any atom is -0.489 e. The van der Waals surface area contributed by atoms with Crippen LogP contribution in [0, 0.1) is 17.0 Å². The molecule has 0 aliphatic carbocycles. The maximum absolute atomic E-state index is 12.3. The van der Waals surface area contributed by atoms with Crippen molar-refractivity contribution >= 4 is 17.5 Å². The van der Waals surface area contributed by atoms with E-state index in [1.807, 2.05) is 27.7 Å². The summed E-state index contributed by atoms with van der Waals surface area (Å²) in [6.07, 6.45) is -0.340. The number of non-ortho nitro benzene ring substituents is 1. The standard InChI is InChI=1S/C17H23N3O5/c1-11-7-12(20(22)23)8-14-15(11)24-10-13-9-18(5-6-19(13)14)16(21)25-17(2,3)4/h7-8,13H,5-6,9-10H2,1-4H3/t13-/m1/s1. The zero-order valence-corrected chi connectivity index (χ0v) is 14.9. The number of carbonyl (C=O) groups is 1. The summed E-state index contributed by atoms with van der Waals surface area (Å²) in [5.74, 6) is 0.688. The van der Waals surface area contributed by atoms with Gasteiger partial charge in [-0.15, -0.1) is 0 Å². The fourth-order valence-electron chi connectivity index (χ4n) is 3.23. The molecular formula is C17H23N3O5. The predicted molar refractivity (Wildman–Crippen MR) is 92.3 cm³/mol. The van der Waals surface area contributed by atoms with E-state index >= 15 is 0 Å². The highest BCUT2D eigenvalue weighted by Crippen LogP contribution is 2.40. The molecule has 2 heterocycles. The fourth-order valence-corrected chi connectivity index (χ4v) is 3.23. The minimum atomic E-state index is -0.540. The van der Waals surface area contributed by atoms with Crippen LogP contribution >= 0.6 is 0 Å². The second kappa shape index (κ2) is 6.09. The van der Waals surface area contributed by atoms with Crippen LogP contribution in [0.2, 0.25) is 0 Å². The first-order valence-electron chi connectivity index (χ1n) is 8.32. The summed E-state index contributed by atoms with van der Waals surface area (Å²) in [7, 11) is 0. The molecule has 0 spiro atoms. The molecule has 136 valence electrons. The topological polar surface area (TPSA) is 85.2 Å². The monoisotopic (exact) mass is 349 g/mol. The molecule has 0 bridgehead atoms. The number of hydrogen-bond donors (Lipinski definition) is 0. The molecule has 1 amide bonds. The van der Waals surface area contributed by atoms with Crippen LogP contribution in [0.15, 0.2) is 12.1 Å². The lowest BCUT2D eigenvalue weighted by Crippen LogP contribution is -2.59. The van der Waals surface area contributed by atoms with Crippen molar-refractivity contribution in [3.63, 3.8) is 0 Å². The Labute approximate surface area is 146 Å². The Kier molecular flexibility index (Phi) is 4.22. The molecule has 8 nitrogen and oxygen atoms in total. The smallest absolute Gasteiger partial charge is 0.410 e. The highest BCUT2D eigenvalue weighted by Gasteiger charge is 2.37. The van der Waals surface area contributed by atoms with E-state index in [-0.39, 0.29) is 17.8 Å². The van der Waals surface area contributed by atoms with Crippen molar-refractivity contribution in [2.45, 2.75) is 39.3 Å². The lowest BCUT2D eigenvalue weighted by Gasteiger charge is -2.45. The zero-order chi connectivity index (χ0) is 18.4. The predicted octanol–water partition coefficient (Wildman–Crippen LogP) is 2.72. The van der Waals surface area contributed by atoms with Gasteiger partial charge in [0.15, 0.2) is 0 Å². The van der Waals surface area contributed by atoms with Gasteiger partial charge in [-0.25, -0.2) is 4.79 Å². The van der Waals surface area contributed by atoms with Gasteiger partial charge < -0.3 is 19.3 Å². The molecule has 3 rings (SSSR count). The number of hydrogen-bond acceptors (Lipinski definition) is 6. The molecule has 2 aliphatic heterocycles. The molecule has 0 saturated carbocycles. The first-order valence-corrected chi connectivity index (χ1v) is 8.32. The quantitative estimate of drug-likeness (QED) is 0.572. The number of aryl methyl sites for hydroxylation is 1. The zero-order valence-electron chi connectivity index (χ0n) is 14.9. The molecule has 1 aromatic rings. The van der Waals surface area contributed by atoms with Crippen LogP contribution in [0.25, 0.3) is 0 Å². The number of carbonyl (C=O) groups excluding carboxylic acids is 1. The summed E-state index contributed by atoms with van der Waals surface area (Å²) in [4.78, 5) is 26.8. The van der Waals surface area contributed by atoms with Crippen molar-refractivity contribution < 1.29 is 19.2 Å². The van der Waals surface area contributed by atoms with Crippen LogP contribution < -0.4 is 9.64 Å². The average Bonchev–Trinajstić information content (AvgIpc) is 2.52. The van der Waals surface area contributed by atoms with Gasteiger partial charge in [0.2, 0.25) is 0 Å². The molecular weight excluding hydrogens is 326 g/mol. The van der Waals surface area contributed by atoms with Crippen LogP contribution in [0.1, 0.15) is 26.3 Å². The molecule has 1 atom stereocenters. The van der Waals surface area contributed by atoms with Gasteiger partial charge in [0, 0.05) is 31.8 Å². The number of fused-ring (bicyclic) bond motifs is 3. The average molecular weight is 349 g/mol. The summed E-state index contributed by atoms with van der Waals surface area (Å²) >= 11 is 0. The van der Waals surface area contributed by atoms with Crippen LogP contribution in [0.5, 0.6) is 5.75 Å². The van der Waals surface area contributed by atoms with E-state index in [1.54, 1.807) is 11.0 Å². The lowest BCUT2D eigenvalue weighted by molar-refractivity contribution is -0.384. The number of amides is 1. The van der Waals surface area contributed by atoms with Gasteiger partial charge in [-0.1, -0.05) is 0 Å². The third-order valence-electron chi connectivity index (χ3n) is 4.31. The van der Waals surface area contributed by atoms with E-state index in [0.29, 0.717) is 32.0 Å². The van der Waals surface area contributed by atoms with E-state index in [2.05, 4.69) is 4.90 Å². The van der Waals surface area contributed by atoms with Crippen molar-refractivity contribution in [2.75, 3.05) is 31.1 Å². The highest BCUT2D eigenvalue weighted by molar-refractivity contribution is 5.71. The second-order valence-corrected chi connectivity index (χ2v) is 7.45. The molecule has 1 aromatic carbocycles. The maximum Gasteiger partial charge on any atom is 0.410 e. The van der Waals surface area contributed by atoms with Crippen LogP contribution in [0.3, 0.4) is 0 Å². The van der Waals surface area contributed by atoms with Gasteiger partial charge in [-0.05, 0) is 33.3 Å². The van der Waals surface area contributed by atoms with Gasteiger partial charge in [0.25, 0.3) is 5.69 Å². The Morgan fingerprint density at radius 1 is 1.36 bits per heavy atom. The molecule has 1 saturated heterocycles. The van der Waals surface area contributed by atoms with Crippen LogP contribution in [0.4, 0.5) is 16.2 Å². The largest absolute Gasteiger partial charge is 0.489 e. The Balaban J connectivity index is 1.81. The Hall–Kier alpha value is -2.51. The normalized spacial score (nSPS) is 19.6. The Morgan fingerprint density at radius 3 is 2.72 bits per heavy atom. The number of ether oxygens (including phenoxy) is 2. The van der Waals surface area contributed by atoms with Crippen molar-refractivity contribution in [1.29, 1.82) is 0 Å². The van der Waals surface area contributed by atoms with Crippen molar-refractivity contribution in [3.05, 3.63) is 27.8 Å². The number of anilines is 1. The van der Waals surface area contributed by atoms with E-state index in [4.69, 9.17) is 9.47 Å². The van der Waals surface area contributed by atoms with E-state index in [0.717, 1.165) is 11.3 Å². The van der Waals surface area contributed by atoms with Crippen molar-refractivity contribution in [3.8, 4) is 5.75 Å². The third-order valence-corrected chi connectivity index (χ3v) is 4.31. The molecule has 0 N–H and O–H groups in total. The Bertz CT molecular complexity index is 713. The molecule has 0 unspecified atom stereocenters. The van der Waals surface area contributed by atoms with Gasteiger partial charge in [-0.3, -0.25) is 10.1 Å². The van der Waals surface area contributed by atoms with E-state index < -0.39 is 10.5 Å². The summed E-state index contributed by atoms with van der Waals surface area (Å²) in [6, 6.07) is 3.03. The van der Waals surface area contributed by atoms with Crippen molar-refractivity contribution in [1.82, 2.24) is 4.90 Å². The third kappa shape index (κ3) is 3.47. The summed E-state index contributed by atoms with van der Waals surface area (Å²) in [6.45, 7) is 9.31. The second-order valence-electron chi connectivity index (χ2n) is 7.45. The van der Waals surface area contributed by atoms with Gasteiger partial charge >= 0.3 is 6.09 Å². The van der Waals surface area contributed by atoms with Gasteiger partial charge in [0.1, 0.15) is 18.0 Å². The number of nitro groups is 1. The number of rotatable bonds is 1. The van der Waals surface area contributed by atoms with E-state index in [9.17, 15) is 14.9 Å².